The fourth-order valence-electron chi connectivity index (χ4n) is 0.625. The van der Waals surface area contributed by atoms with Gasteiger partial charge in [-0.05, 0) is 6.42 Å². The summed E-state index contributed by atoms with van der Waals surface area (Å²) in [6, 6.07) is 0. The molecule has 84 valence electrons. The van der Waals surface area contributed by atoms with Crippen molar-refractivity contribution in [2.45, 2.75) is 13.3 Å². The maximum Gasteiger partial charge on any atom is 0.508 e. The quantitative estimate of drug-likeness (QED) is 0.516. The number of carbonyl (C=O) groups excluding carboxylic acids is 1. The van der Waals surface area contributed by atoms with Crippen LogP contribution in [0.3, 0.4) is 0 Å². The van der Waals surface area contributed by atoms with Crippen LogP contribution in [0.15, 0.2) is 0 Å². The molecule has 0 bridgehead atoms. The van der Waals surface area contributed by atoms with Crippen LogP contribution in [0, 0.1) is 0 Å². The van der Waals surface area contributed by atoms with Crippen LogP contribution < -0.4 is 0 Å². The minimum absolute atomic E-state index is 0.115. The number of ether oxygens (including phenoxy) is 2. The second-order valence-corrected chi connectivity index (χ2v) is 4.23. The Kier molecular flexibility index (Phi) is 6.22. The first-order chi connectivity index (χ1) is 6.52. The van der Waals surface area contributed by atoms with Gasteiger partial charge in [0.25, 0.3) is 10.1 Å². The molecule has 6 nitrogen and oxygen atoms in total. The lowest BCUT2D eigenvalue weighted by molar-refractivity contribution is 0.131. The van der Waals surface area contributed by atoms with Crippen molar-refractivity contribution in [1.82, 2.24) is 0 Å². The summed E-state index contributed by atoms with van der Waals surface area (Å²) in [5.74, 6) is 0.115. The number of hydrogen-bond acceptors (Lipinski definition) is 6. The highest BCUT2D eigenvalue weighted by molar-refractivity contribution is 7.86. The second kappa shape index (κ2) is 6.61. The Hall–Kier alpha value is -0.820. The molecule has 0 saturated carbocycles. The van der Waals surface area contributed by atoms with E-state index in [2.05, 4.69) is 13.7 Å². The third-order valence-corrected chi connectivity index (χ3v) is 2.65. The Morgan fingerprint density at radius 3 is 2.00 bits per heavy atom. The summed E-state index contributed by atoms with van der Waals surface area (Å²) in [6.07, 6.45) is 0.0610. The summed E-state index contributed by atoms with van der Waals surface area (Å²) < 4.78 is 33.5. The highest BCUT2D eigenvalue weighted by atomic mass is 32.2. The van der Waals surface area contributed by atoms with Crippen molar-refractivity contribution in [3.05, 3.63) is 0 Å². The molecule has 0 aliphatic carbocycles. The highest BCUT2D eigenvalue weighted by Gasteiger charge is 2.09. The standard InChI is InChI=1S/C4H10O3S.C3H4O3/c1-3-4-8(5,6)7-2;4-3-5-1-2-6-3/h3-4H2,1-2H3;1-2H2. The number of rotatable bonds is 3. The predicted octanol–water partition coefficient (Wildman–Crippen LogP) is 0.526. The molecule has 1 fully saturated rings. The van der Waals surface area contributed by atoms with Gasteiger partial charge >= 0.3 is 6.16 Å². The molecular weight excluding hydrogens is 212 g/mol. The molecule has 0 N–H and O–H groups in total. The van der Waals surface area contributed by atoms with Crippen molar-refractivity contribution in [3.8, 4) is 0 Å². The second-order valence-electron chi connectivity index (χ2n) is 2.38. The molecule has 0 atom stereocenters. The van der Waals surface area contributed by atoms with E-state index >= 15 is 0 Å². The van der Waals surface area contributed by atoms with Crippen LogP contribution in [-0.2, 0) is 23.8 Å². The highest BCUT2D eigenvalue weighted by Crippen LogP contribution is 1.92. The Morgan fingerprint density at radius 2 is 1.86 bits per heavy atom. The van der Waals surface area contributed by atoms with Crippen LogP contribution >= 0.6 is 0 Å². The van der Waals surface area contributed by atoms with Crippen LogP contribution in [0.1, 0.15) is 13.3 Å². The average molecular weight is 226 g/mol. The molecule has 0 aromatic rings. The van der Waals surface area contributed by atoms with E-state index in [0.29, 0.717) is 19.6 Å². The van der Waals surface area contributed by atoms with Gasteiger partial charge in [-0.3, -0.25) is 4.18 Å². The summed E-state index contributed by atoms with van der Waals surface area (Å²) in [5.41, 5.74) is 0. The van der Waals surface area contributed by atoms with E-state index in [0.717, 1.165) is 0 Å². The summed E-state index contributed by atoms with van der Waals surface area (Å²) >= 11 is 0. The Bertz CT molecular complexity index is 249. The normalized spacial score (nSPS) is 15.1. The van der Waals surface area contributed by atoms with Crippen LogP contribution in [0.25, 0.3) is 0 Å². The van der Waals surface area contributed by atoms with Gasteiger partial charge in [-0.15, -0.1) is 0 Å². The molecule has 0 radical (unpaired) electrons. The Morgan fingerprint density at radius 1 is 1.36 bits per heavy atom. The third-order valence-electron chi connectivity index (χ3n) is 1.23. The predicted molar refractivity (Wildman–Crippen MR) is 48.4 cm³/mol. The van der Waals surface area contributed by atoms with E-state index in [-0.39, 0.29) is 5.75 Å². The third kappa shape index (κ3) is 6.67. The SMILES string of the molecule is CCCS(=O)(=O)OC.O=C1OCCO1. The van der Waals surface area contributed by atoms with Gasteiger partial charge in [-0.25, -0.2) is 4.79 Å². The van der Waals surface area contributed by atoms with Crippen molar-refractivity contribution < 1.29 is 26.9 Å². The van der Waals surface area contributed by atoms with Crippen molar-refractivity contribution in [2.75, 3.05) is 26.1 Å². The minimum Gasteiger partial charge on any atom is -0.431 e. The lowest BCUT2D eigenvalue weighted by Crippen LogP contribution is -2.05. The van der Waals surface area contributed by atoms with Gasteiger partial charge in [0, 0.05) is 0 Å². The van der Waals surface area contributed by atoms with Crippen molar-refractivity contribution in [3.63, 3.8) is 0 Å². The van der Waals surface area contributed by atoms with Gasteiger partial charge < -0.3 is 9.47 Å². The monoisotopic (exact) mass is 226 g/mol. The molecule has 1 aliphatic heterocycles. The van der Waals surface area contributed by atoms with Crippen LogP contribution in [-0.4, -0.2) is 40.6 Å². The fraction of sp³-hybridized carbons (Fsp3) is 0.857. The van der Waals surface area contributed by atoms with Crippen molar-refractivity contribution in [1.29, 1.82) is 0 Å². The summed E-state index contributed by atoms with van der Waals surface area (Å²) in [6.45, 7) is 2.62. The van der Waals surface area contributed by atoms with E-state index in [1.165, 1.54) is 7.11 Å². The fourth-order valence-corrected chi connectivity index (χ4v) is 1.29. The maximum absolute atomic E-state index is 10.4. The molecule has 0 aromatic carbocycles. The Balaban J connectivity index is 0.000000249. The van der Waals surface area contributed by atoms with E-state index in [9.17, 15) is 13.2 Å². The summed E-state index contributed by atoms with van der Waals surface area (Å²) in [7, 11) is -2.00. The van der Waals surface area contributed by atoms with Gasteiger partial charge in [-0.1, -0.05) is 6.92 Å². The molecule has 1 heterocycles. The molecule has 1 saturated heterocycles. The average Bonchev–Trinajstić information content (AvgIpc) is 2.57. The molecule has 0 spiro atoms. The molecule has 7 heteroatoms. The van der Waals surface area contributed by atoms with Crippen molar-refractivity contribution in [2.24, 2.45) is 0 Å². The molecule has 0 unspecified atom stereocenters. The van der Waals surface area contributed by atoms with Gasteiger partial charge in [0.15, 0.2) is 0 Å². The lowest BCUT2D eigenvalue weighted by Gasteiger charge is -1.94. The minimum atomic E-state index is -3.17. The van der Waals surface area contributed by atoms with Gasteiger partial charge in [0.05, 0.1) is 12.9 Å². The van der Waals surface area contributed by atoms with Crippen LogP contribution in [0.4, 0.5) is 4.79 Å². The topological polar surface area (TPSA) is 78.9 Å². The summed E-state index contributed by atoms with van der Waals surface area (Å²) in [4.78, 5) is 9.80. The van der Waals surface area contributed by atoms with E-state index in [1.54, 1.807) is 6.92 Å². The molecule has 0 aromatic heterocycles. The largest absolute Gasteiger partial charge is 0.508 e. The van der Waals surface area contributed by atoms with Crippen molar-refractivity contribution >= 4 is 16.3 Å². The number of cyclic esters (lactones) is 2. The molecule has 14 heavy (non-hydrogen) atoms. The lowest BCUT2D eigenvalue weighted by atomic mass is 10.6. The van der Waals surface area contributed by atoms with E-state index in [4.69, 9.17) is 0 Å². The smallest absolute Gasteiger partial charge is 0.431 e. The van der Waals surface area contributed by atoms with Crippen LogP contribution in [0.5, 0.6) is 0 Å². The van der Waals surface area contributed by atoms with Gasteiger partial charge in [0.1, 0.15) is 13.2 Å². The van der Waals surface area contributed by atoms with E-state index < -0.39 is 16.3 Å². The zero-order chi connectivity index (χ0) is 11.0. The molecule has 1 rings (SSSR count). The first kappa shape index (κ1) is 13.2. The molecule has 0 amide bonds. The first-order valence-electron chi connectivity index (χ1n) is 4.09. The Labute approximate surface area is 83.3 Å². The first-order valence-corrected chi connectivity index (χ1v) is 5.67. The van der Waals surface area contributed by atoms with Crippen LogP contribution in [0.2, 0.25) is 0 Å². The molecule has 1 aliphatic rings. The van der Waals surface area contributed by atoms with Gasteiger partial charge in [0.2, 0.25) is 0 Å². The molecular formula is C7H14O6S. The van der Waals surface area contributed by atoms with Gasteiger partial charge in [-0.2, -0.15) is 8.42 Å². The number of hydrogen-bond donors (Lipinski definition) is 0. The zero-order valence-electron chi connectivity index (χ0n) is 8.19. The zero-order valence-corrected chi connectivity index (χ0v) is 9.00. The van der Waals surface area contributed by atoms with E-state index in [1.807, 2.05) is 0 Å². The number of carbonyl (C=O) groups is 1. The summed E-state index contributed by atoms with van der Waals surface area (Å²) in [5, 5.41) is 0. The maximum atomic E-state index is 10.4.